The SMILES string of the molecule is CCNc1nc(C2(c3ccccc3)CCN(C(=O)Cc3csc(C)n3)CC2)cs1.O=CO. The second kappa shape index (κ2) is 11.2. The van der Waals surface area contributed by atoms with Gasteiger partial charge in [0, 0.05) is 35.8 Å². The number of carbonyl (C=O) groups is 2. The number of thiazole rings is 2. The molecule has 1 aromatic carbocycles. The molecule has 0 saturated carbocycles. The summed E-state index contributed by atoms with van der Waals surface area (Å²) in [6.45, 7) is 6.16. The Bertz CT molecular complexity index is 1010. The minimum Gasteiger partial charge on any atom is -0.483 e. The third kappa shape index (κ3) is 5.52. The molecule has 0 radical (unpaired) electrons. The Morgan fingerprint density at radius 1 is 1.19 bits per heavy atom. The van der Waals surface area contributed by atoms with Crippen LogP contribution < -0.4 is 5.32 Å². The molecule has 7 nitrogen and oxygen atoms in total. The lowest BCUT2D eigenvalue weighted by molar-refractivity contribution is -0.132. The smallest absolute Gasteiger partial charge is 0.290 e. The van der Waals surface area contributed by atoms with Gasteiger partial charge in [0.2, 0.25) is 5.91 Å². The molecule has 0 spiro atoms. The number of nitrogens with zero attached hydrogens (tertiary/aromatic N) is 3. The minimum absolute atomic E-state index is 0.139. The molecule has 1 aliphatic heterocycles. The van der Waals surface area contributed by atoms with E-state index in [0.717, 1.165) is 54.0 Å². The Hall–Kier alpha value is -2.78. The molecule has 2 N–H and O–H groups in total. The van der Waals surface area contributed by atoms with Crippen LogP contribution in [0.1, 0.15) is 41.7 Å². The van der Waals surface area contributed by atoms with Crippen molar-refractivity contribution in [3.8, 4) is 0 Å². The van der Waals surface area contributed by atoms with Crippen molar-refractivity contribution in [3.63, 3.8) is 0 Å². The van der Waals surface area contributed by atoms with Crippen molar-refractivity contribution in [1.82, 2.24) is 14.9 Å². The highest BCUT2D eigenvalue weighted by atomic mass is 32.1. The van der Waals surface area contributed by atoms with Gasteiger partial charge in [0.15, 0.2) is 5.13 Å². The fraction of sp³-hybridized carbons (Fsp3) is 0.391. The number of aryl methyl sites for hydroxylation is 1. The summed E-state index contributed by atoms with van der Waals surface area (Å²) in [6, 6.07) is 10.6. The Balaban J connectivity index is 0.000000913. The highest BCUT2D eigenvalue weighted by molar-refractivity contribution is 7.13. The van der Waals surface area contributed by atoms with Gasteiger partial charge in [-0.1, -0.05) is 30.3 Å². The molecule has 32 heavy (non-hydrogen) atoms. The molecule has 1 saturated heterocycles. The quantitative estimate of drug-likeness (QED) is 0.522. The van der Waals surface area contributed by atoms with Crippen molar-refractivity contribution in [1.29, 1.82) is 0 Å². The molecule has 3 aromatic rings. The van der Waals surface area contributed by atoms with Crippen LogP contribution in [0.5, 0.6) is 0 Å². The number of carbonyl (C=O) groups excluding carboxylic acids is 1. The normalized spacial score (nSPS) is 14.9. The fourth-order valence-corrected chi connectivity index (χ4v) is 5.56. The number of amides is 1. The van der Waals surface area contributed by atoms with Gasteiger partial charge in [-0.15, -0.1) is 22.7 Å². The summed E-state index contributed by atoms with van der Waals surface area (Å²) in [6.07, 6.45) is 2.16. The third-order valence-corrected chi connectivity index (χ3v) is 7.24. The molecule has 0 aliphatic carbocycles. The van der Waals surface area contributed by atoms with Crippen LogP contribution >= 0.6 is 22.7 Å². The second-order valence-electron chi connectivity index (χ2n) is 7.54. The molecule has 0 unspecified atom stereocenters. The standard InChI is InChI=1S/C22H26N4OS2.CH2O2/c1-3-23-21-25-19(15-29-21)22(17-7-5-4-6-8-17)9-11-26(12-10-22)20(27)13-18-14-28-16(2)24-18;2-1-3/h4-8,14-15H,3,9-13H2,1-2H3,(H,23,25);1H,(H,2,3). The van der Waals surface area contributed by atoms with Crippen molar-refractivity contribution in [3.05, 3.63) is 63.1 Å². The van der Waals surface area contributed by atoms with E-state index in [1.807, 2.05) is 17.2 Å². The van der Waals surface area contributed by atoms with Crippen molar-refractivity contribution in [2.24, 2.45) is 0 Å². The van der Waals surface area contributed by atoms with E-state index in [1.54, 1.807) is 22.7 Å². The van der Waals surface area contributed by atoms with Crippen LogP contribution in [0.25, 0.3) is 0 Å². The highest BCUT2D eigenvalue weighted by Gasteiger charge is 2.40. The van der Waals surface area contributed by atoms with Crippen molar-refractivity contribution >= 4 is 40.2 Å². The lowest BCUT2D eigenvalue weighted by Gasteiger charge is -2.41. The van der Waals surface area contributed by atoms with Gasteiger partial charge in [-0.25, -0.2) is 9.97 Å². The Labute approximate surface area is 196 Å². The number of rotatable bonds is 6. The summed E-state index contributed by atoms with van der Waals surface area (Å²) in [5, 5.41) is 16.4. The van der Waals surface area contributed by atoms with Crippen LogP contribution in [0.2, 0.25) is 0 Å². The molecule has 9 heteroatoms. The average molecular weight is 473 g/mol. The zero-order valence-corrected chi connectivity index (χ0v) is 19.9. The maximum absolute atomic E-state index is 12.8. The molecule has 0 bridgehead atoms. The Kier molecular flexibility index (Phi) is 8.35. The molecule has 0 atom stereocenters. The van der Waals surface area contributed by atoms with Gasteiger partial charge >= 0.3 is 0 Å². The van der Waals surface area contributed by atoms with Crippen molar-refractivity contribution in [2.45, 2.75) is 38.5 Å². The van der Waals surface area contributed by atoms with Crippen molar-refractivity contribution < 1.29 is 14.7 Å². The summed E-state index contributed by atoms with van der Waals surface area (Å²) in [7, 11) is 0. The third-order valence-electron chi connectivity index (χ3n) is 5.62. The first-order valence-electron chi connectivity index (χ1n) is 10.5. The summed E-state index contributed by atoms with van der Waals surface area (Å²) in [4.78, 5) is 32.5. The number of anilines is 1. The van der Waals surface area contributed by atoms with Gasteiger partial charge < -0.3 is 15.3 Å². The van der Waals surface area contributed by atoms with Gasteiger partial charge in [-0.3, -0.25) is 9.59 Å². The number of benzene rings is 1. The summed E-state index contributed by atoms with van der Waals surface area (Å²) in [5.41, 5.74) is 3.15. The van der Waals surface area contributed by atoms with E-state index in [2.05, 4.69) is 52.9 Å². The highest BCUT2D eigenvalue weighted by Crippen LogP contribution is 2.42. The van der Waals surface area contributed by atoms with E-state index in [0.29, 0.717) is 6.42 Å². The summed E-state index contributed by atoms with van der Waals surface area (Å²) in [5.74, 6) is 0.170. The van der Waals surface area contributed by atoms with E-state index < -0.39 is 0 Å². The second-order valence-corrected chi connectivity index (χ2v) is 9.46. The van der Waals surface area contributed by atoms with Crippen LogP contribution in [0.15, 0.2) is 41.1 Å². The number of likely N-dealkylation sites (tertiary alicyclic amines) is 1. The molecular weight excluding hydrogens is 444 g/mol. The summed E-state index contributed by atoms with van der Waals surface area (Å²) < 4.78 is 0. The number of nitrogens with one attached hydrogen (secondary N) is 1. The number of piperidine rings is 1. The van der Waals surface area contributed by atoms with Crippen LogP contribution in [0.3, 0.4) is 0 Å². The number of hydrogen-bond donors (Lipinski definition) is 2. The number of carboxylic acid groups (broad SMARTS) is 1. The van der Waals surface area contributed by atoms with Crippen molar-refractivity contribution in [2.75, 3.05) is 25.0 Å². The topological polar surface area (TPSA) is 95.4 Å². The van der Waals surface area contributed by atoms with Gasteiger partial charge in [0.25, 0.3) is 6.47 Å². The largest absolute Gasteiger partial charge is 0.483 e. The van der Waals surface area contributed by atoms with Gasteiger partial charge in [-0.2, -0.15) is 0 Å². The molecule has 4 rings (SSSR count). The van der Waals surface area contributed by atoms with Gasteiger partial charge in [-0.05, 0) is 32.3 Å². The maximum Gasteiger partial charge on any atom is 0.290 e. The minimum atomic E-state index is -0.250. The molecule has 1 amide bonds. The summed E-state index contributed by atoms with van der Waals surface area (Å²) >= 11 is 3.26. The average Bonchev–Trinajstić information content (AvgIpc) is 3.44. The van der Waals surface area contributed by atoms with Crippen LogP contribution in [0.4, 0.5) is 5.13 Å². The van der Waals surface area contributed by atoms with Crippen LogP contribution in [-0.2, 0) is 21.4 Å². The maximum atomic E-state index is 12.8. The fourth-order valence-electron chi connectivity index (χ4n) is 4.07. The van der Waals surface area contributed by atoms with Crippen LogP contribution in [-0.4, -0.2) is 52.0 Å². The first kappa shape index (κ1) is 23.9. The first-order chi connectivity index (χ1) is 15.5. The zero-order chi connectivity index (χ0) is 23.0. The van der Waals surface area contributed by atoms with E-state index >= 15 is 0 Å². The lowest BCUT2D eigenvalue weighted by atomic mass is 9.70. The molecule has 170 valence electrons. The molecular formula is C23H28N4O3S2. The molecule has 1 fully saturated rings. The number of aromatic nitrogens is 2. The Morgan fingerprint density at radius 3 is 2.47 bits per heavy atom. The van der Waals surface area contributed by atoms with E-state index in [9.17, 15) is 4.79 Å². The number of hydrogen-bond acceptors (Lipinski definition) is 7. The van der Waals surface area contributed by atoms with E-state index in [4.69, 9.17) is 14.9 Å². The Morgan fingerprint density at radius 2 is 1.88 bits per heavy atom. The lowest BCUT2D eigenvalue weighted by Crippen LogP contribution is -2.46. The predicted molar refractivity (Wildman–Crippen MR) is 129 cm³/mol. The van der Waals surface area contributed by atoms with Gasteiger partial charge in [0.05, 0.1) is 22.8 Å². The molecule has 1 aliphatic rings. The predicted octanol–water partition coefficient (Wildman–Crippen LogP) is 4.19. The molecule has 3 heterocycles. The first-order valence-corrected chi connectivity index (χ1v) is 12.3. The van der Waals surface area contributed by atoms with E-state index in [-0.39, 0.29) is 17.8 Å². The van der Waals surface area contributed by atoms with Gasteiger partial charge in [0.1, 0.15) is 0 Å². The monoisotopic (exact) mass is 472 g/mol. The molecule has 2 aromatic heterocycles. The van der Waals surface area contributed by atoms with E-state index in [1.165, 1.54) is 5.56 Å². The van der Waals surface area contributed by atoms with Crippen LogP contribution in [0, 0.1) is 6.92 Å². The zero-order valence-electron chi connectivity index (χ0n) is 18.3.